The van der Waals surface area contributed by atoms with E-state index in [0.29, 0.717) is 5.56 Å². The number of carbonyl (C=O) groups excluding carboxylic acids is 1. The molecule has 1 aliphatic heterocycles. The number of hydrogen-bond donors (Lipinski definition) is 3. The number of carboxylic acid groups (broad SMARTS) is 1. The van der Waals surface area contributed by atoms with E-state index in [9.17, 15) is 9.59 Å². The predicted octanol–water partition coefficient (Wildman–Crippen LogP) is 3.62. The molecule has 4 N–H and O–H groups in total. The molecule has 1 aromatic heterocycles. The van der Waals surface area contributed by atoms with Crippen LogP contribution in [0.1, 0.15) is 40.0 Å². The monoisotopic (exact) mass is 363 g/mol. The van der Waals surface area contributed by atoms with Crippen LogP contribution in [-0.2, 0) is 0 Å². The lowest BCUT2D eigenvalue weighted by atomic mass is 10.0. The van der Waals surface area contributed by atoms with E-state index in [4.69, 9.17) is 10.8 Å². The Labute approximate surface area is 156 Å². The summed E-state index contributed by atoms with van der Waals surface area (Å²) in [4.78, 5) is 28.7. The molecule has 1 saturated heterocycles. The summed E-state index contributed by atoms with van der Waals surface area (Å²) >= 11 is 0. The van der Waals surface area contributed by atoms with Crippen LogP contribution in [0.5, 0.6) is 0 Å². The number of carboxylic acids is 1. The third kappa shape index (κ3) is 3.26. The molecule has 0 aliphatic carbocycles. The number of fused-ring (bicyclic) bond motifs is 1. The van der Waals surface area contributed by atoms with E-state index in [0.717, 1.165) is 53.8 Å². The fraction of sp³-hybridized carbons (Fsp3) is 0.238. The van der Waals surface area contributed by atoms with Crippen molar-refractivity contribution in [3.05, 3.63) is 53.6 Å². The van der Waals surface area contributed by atoms with Gasteiger partial charge in [0.25, 0.3) is 5.91 Å². The number of hydrogen-bond acceptors (Lipinski definition) is 3. The molecule has 2 aromatic carbocycles. The second-order valence-electron chi connectivity index (χ2n) is 6.93. The van der Waals surface area contributed by atoms with E-state index >= 15 is 0 Å². The van der Waals surface area contributed by atoms with Gasteiger partial charge >= 0.3 is 5.97 Å². The van der Waals surface area contributed by atoms with Crippen LogP contribution >= 0.6 is 0 Å². The molecule has 1 aliphatic rings. The number of aromatic amines is 1. The van der Waals surface area contributed by atoms with E-state index in [1.807, 2.05) is 24.3 Å². The van der Waals surface area contributed by atoms with Crippen molar-refractivity contribution in [1.29, 1.82) is 0 Å². The van der Waals surface area contributed by atoms with Crippen LogP contribution in [0.25, 0.3) is 22.2 Å². The van der Waals surface area contributed by atoms with Crippen molar-refractivity contribution in [2.45, 2.75) is 19.3 Å². The van der Waals surface area contributed by atoms with Crippen molar-refractivity contribution in [2.75, 3.05) is 18.0 Å². The van der Waals surface area contributed by atoms with E-state index in [2.05, 4.69) is 9.88 Å². The van der Waals surface area contributed by atoms with Crippen molar-refractivity contribution in [3.8, 4) is 11.3 Å². The van der Waals surface area contributed by atoms with Crippen LogP contribution in [0.4, 0.5) is 5.69 Å². The van der Waals surface area contributed by atoms with Crippen LogP contribution in [0.15, 0.2) is 42.5 Å². The van der Waals surface area contributed by atoms with Gasteiger partial charge in [-0.15, -0.1) is 0 Å². The van der Waals surface area contributed by atoms with Gasteiger partial charge in [-0.2, -0.15) is 0 Å². The van der Waals surface area contributed by atoms with E-state index in [1.165, 1.54) is 6.42 Å². The molecule has 138 valence electrons. The highest BCUT2D eigenvalue weighted by atomic mass is 16.4. The van der Waals surface area contributed by atoms with Gasteiger partial charge in [-0.1, -0.05) is 6.07 Å². The Morgan fingerprint density at radius 2 is 1.78 bits per heavy atom. The minimum Gasteiger partial charge on any atom is -0.478 e. The highest BCUT2D eigenvalue weighted by Crippen LogP contribution is 2.31. The summed E-state index contributed by atoms with van der Waals surface area (Å²) in [6, 6.07) is 12.6. The van der Waals surface area contributed by atoms with Crippen LogP contribution in [0.2, 0.25) is 0 Å². The van der Waals surface area contributed by atoms with Crippen LogP contribution in [0.3, 0.4) is 0 Å². The molecule has 2 heterocycles. The summed E-state index contributed by atoms with van der Waals surface area (Å²) in [6.07, 6.45) is 3.45. The minimum absolute atomic E-state index is 0.242. The lowest BCUT2D eigenvalue weighted by Gasteiger charge is -2.30. The SMILES string of the molecule is NC(=O)c1cc(-c2cc3cc(C(=O)O)ccc3[nH]2)ccc1N1CCCCC1. The Bertz CT molecular complexity index is 1030. The summed E-state index contributed by atoms with van der Waals surface area (Å²) < 4.78 is 0. The highest BCUT2D eigenvalue weighted by molar-refractivity contribution is 6.00. The van der Waals surface area contributed by atoms with Gasteiger partial charge in [0.15, 0.2) is 0 Å². The van der Waals surface area contributed by atoms with Crippen molar-refractivity contribution >= 4 is 28.5 Å². The molecule has 6 heteroatoms. The number of aromatic nitrogens is 1. The molecule has 27 heavy (non-hydrogen) atoms. The Balaban J connectivity index is 1.75. The number of anilines is 1. The van der Waals surface area contributed by atoms with Gasteiger partial charge in [0, 0.05) is 35.4 Å². The smallest absolute Gasteiger partial charge is 0.335 e. The summed E-state index contributed by atoms with van der Waals surface area (Å²) in [5.41, 5.74) is 9.80. The van der Waals surface area contributed by atoms with Crippen LogP contribution in [0, 0.1) is 0 Å². The van der Waals surface area contributed by atoms with Gasteiger partial charge in [0.1, 0.15) is 0 Å². The Kier molecular flexibility index (Phi) is 4.32. The third-order valence-corrected chi connectivity index (χ3v) is 5.14. The van der Waals surface area contributed by atoms with E-state index in [-0.39, 0.29) is 5.56 Å². The van der Waals surface area contributed by atoms with Gasteiger partial charge in [-0.25, -0.2) is 4.79 Å². The molecular weight excluding hydrogens is 342 g/mol. The number of aromatic carboxylic acids is 1. The topological polar surface area (TPSA) is 99.4 Å². The number of nitrogens with one attached hydrogen (secondary N) is 1. The molecule has 0 atom stereocenters. The summed E-state index contributed by atoms with van der Waals surface area (Å²) in [5.74, 6) is -1.40. The second kappa shape index (κ2) is 6.79. The zero-order valence-corrected chi connectivity index (χ0v) is 14.9. The highest BCUT2D eigenvalue weighted by Gasteiger charge is 2.18. The Hall–Kier alpha value is -3.28. The first-order valence-electron chi connectivity index (χ1n) is 9.08. The second-order valence-corrected chi connectivity index (χ2v) is 6.93. The molecular formula is C21H21N3O3. The van der Waals surface area contributed by atoms with Gasteiger partial charge in [0.05, 0.1) is 11.1 Å². The van der Waals surface area contributed by atoms with Crippen LogP contribution < -0.4 is 10.6 Å². The molecule has 1 fully saturated rings. The number of piperidine rings is 1. The third-order valence-electron chi connectivity index (χ3n) is 5.14. The van der Waals surface area contributed by atoms with Crippen molar-refractivity contribution in [1.82, 2.24) is 4.98 Å². The molecule has 0 spiro atoms. The predicted molar refractivity (Wildman–Crippen MR) is 105 cm³/mol. The number of amides is 1. The fourth-order valence-corrected chi connectivity index (χ4v) is 3.73. The Morgan fingerprint density at radius 3 is 2.48 bits per heavy atom. The largest absolute Gasteiger partial charge is 0.478 e. The van der Waals surface area contributed by atoms with Crippen molar-refractivity contribution in [3.63, 3.8) is 0 Å². The number of carbonyl (C=O) groups is 2. The maximum absolute atomic E-state index is 12.1. The van der Waals surface area contributed by atoms with Gasteiger partial charge in [0.2, 0.25) is 0 Å². The number of H-pyrrole nitrogens is 1. The maximum atomic E-state index is 12.1. The lowest BCUT2D eigenvalue weighted by molar-refractivity contribution is 0.0697. The van der Waals surface area contributed by atoms with Crippen molar-refractivity contribution < 1.29 is 14.7 Å². The van der Waals surface area contributed by atoms with Gasteiger partial charge in [-0.3, -0.25) is 4.79 Å². The molecule has 0 radical (unpaired) electrons. The van der Waals surface area contributed by atoms with Gasteiger partial charge < -0.3 is 20.7 Å². The van der Waals surface area contributed by atoms with Crippen molar-refractivity contribution in [2.24, 2.45) is 5.73 Å². The zero-order chi connectivity index (χ0) is 19.0. The number of benzene rings is 2. The lowest BCUT2D eigenvalue weighted by Crippen LogP contribution is -2.31. The quantitative estimate of drug-likeness (QED) is 0.659. The number of primary amides is 1. The normalized spacial score (nSPS) is 14.4. The first kappa shape index (κ1) is 17.1. The number of rotatable bonds is 4. The first-order chi connectivity index (χ1) is 13.0. The van der Waals surface area contributed by atoms with E-state index < -0.39 is 11.9 Å². The first-order valence-corrected chi connectivity index (χ1v) is 9.08. The summed E-state index contributed by atoms with van der Waals surface area (Å²) in [5, 5.41) is 9.96. The fourth-order valence-electron chi connectivity index (χ4n) is 3.73. The molecule has 3 aromatic rings. The standard InChI is InChI=1S/C21H21N3O3/c22-20(25)16-11-13(5-7-19(16)24-8-2-1-3-9-24)18-12-15-10-14(21(26)27)4-6-17(15)23-18/h4-7,10-12,23H,1-3,8-9H2,(H2,22,25)(H,26,27). The summed E-state index contributed by atoms with van der Waals surface area (Å²) in [7, 11) is 0. The average molecular weight is 363 g/mol. The minimum atomic E-state index is -0.957. The molecule has 4 rings (SSSR count). The summed E-state index contributed by atoms with van der Waals surface area (Å²) in [6.45, 7) is 1.87. The van der Waals surface area contributed by atoms with Crippen LogP contribution in [-0.4, -0.2) is 35.1 Å². The molecule has 0 bridgehead atoms. The molecule has 6 nitrogen and oxygen atoms in total. The molecule has 0 saturated carbocycles. The maximum Gasteiger partial charge on any atom is 0.335 e. The molecule has 0 unspecified atom stereocenters. The zero-order valence-electron chi connectivity index (χ0n) is 14.9. The number of nitrogens with two attached hydrogens (primary N) is 1. The average Bonchev–Trinajstić information content (AvgIpc) is 3.11. The van der Waals surface area contributed by atoms with E-state index in [1.54, 1.807) is 18.2 Å². The molecule has 1 amide bonds. The Morgan fingerprint density at radius 1 is 1.00 bits per heavy atom. The number of nitrogens with zero attached hydrogens (tertiary/aromatic N) is 1. The van der Waals surface area contributed by atoms with Gasteiger partial charge in [-0.05, 0) is 61.2 Å².